The topological polar surface area (TPSA) is 95.9 Å². The van der Waals surface area contributed by atoms with Crippen molar-refractivity contribution in [2.24, 2.45) is 0 Å². The lowest BCUT2D eigenvalue weighted by atomic mass is 9.90. The molecule has 0 fully saturated rings. The minimum Gasteiger partial charge on any atom is -0.479 e. The van der Waals surface area contributed by atoms with Crippen LogP contribution in [-0.4, -0.2) is 34.5 Å². The summed E-state index contributed by atoms with van der Waals surface area (Å²) in [7, 11) is 0. The number of carbonyl (C=O) groups excluding carboxylic acids is 1. The second-order valence-electron chi connectivity index (χ2n) is 4.33. The van der Waals surface area contributed by atoms with Gasteiger partial charge in [0.25, 0.3) is 0 Å². The molecule has 0 spiro atoms. The molecule has 1 aromatic rings. The van der Waals surface area contributed by atoms with Crippen molar-refractivity contribution in [3.63, 3.8) is 0 Å². The van der Waals surface area contributed by atoms with Gasteiger partial charge >= 0.3 is 12.1 Å². The first-order valence-corrected chi connectivity index (χ1v) is 5.94. The highest BCUT2D eigenvalue weighted by atomic mass is 16.5. The van der Waals surface area contributed by atoms with Crippen LogP contribution in [0, 0.1) is 0 Å². The molecule has 0 aromatic heterocycles. The van der Waals surface area contributed by atoms with Gasteiger partial charge in [0.05, 0.1) is 6.04 Å². The molecule has 6 heteroatoms. The lowest BCUT2D eigenvalue weighted by Crippen LogP contribution is -2.49. The van der Waals surface area contributed by atoms with E-state index in [-0.39, 0.29) is 6.61 Å². The number of ether oxygens (including phenoxy) is 1. The largest absolute Gasteiger partial charge is 0.479 e. The number of rotatable bonds is 6. The van der Waals surface area contributed by atoms with Gasteiger partial charge in [0.2, 0.25) is 0 Å². The van der Waals surface area contributed by atoms with Crippen molar-refractivity contribution in [3.05, 3.63) is 48.6 Å². The minimum atomic E-state index is -2.17. The number of hydrogen-bond acceptors (Lipinski definition) is 4. The van der Waals surface area contributed by atoms with Crippen LogP contribution < -0.4 is 5.32 Å². The Bertz CT molecular complexity index is 484. The van der Waals surface area contributed by atoms with Gasteiger partial charge in [-0.3, -0.25) is 0 Å². The van der Waals surface area contributed by atoms with Gasteiger partial charge < -0.3 is 20.3 Å². The predicted octanol–water partition coefficient (Wildman–Crippen LogP) is 1.48. The third-order valence-electron chi connectivity index (χ3n) is 2.72. The van der Waals surface area contributed by atoms with Gasteiger partial charge in [-0.2, -0.15) is 0 Å². The van der Waals surface area contributed by atoms with E-state index in [1.54, 1.807) is 30.3 Å². The van der Waals surface area contributed by atoms with Gasteiger partial charge in [-0.15, -0.1) is 0 Å². The van der Waals surface area contributed by atoms with E-state index in [1.807, 2.05) is 0 Å². The third-order valence-corrected chi connectivity index (χ3v) is 2.72. The summed E-state index contributed by atoms with van der Waals surface area (Å²) in [5.41, 5.74) is -1.72. The highest BCUT2D eigenvalue weighted by Crippen LogP contribution is 2.26. The fraction of sp³-hybridized carbons (Fsp3) is 0.286. The molecule has 6 nitrogen and oxygen atoms in total. The minimum absolute atomic E-state index is 0.0114. The highest BCUT2D eigenvalue weighted by Gasteiger charge is 2.41. The van der Waals surface area contributed by atoms with Gasteiger partial charge in [-0.05, 0) is 12.5 Å². The molecule has 0 aliphatic heterocycles. The zero-order chi connectivity index (χ0) is 15.2. The molecule has 3 N–H and O–H groups in total. The fourth-order valence-corrected chi connectivity index (χ4v) is 1.61. The Morgan fingerprint density at radius 3 is 2.55 bits per heavy atom. The monoisotopic (exact) mass is 279 g/mol. The maximum absolute atomic E-state index is 11.6. The molecule has 2 unspecified atom stereocenters. The van der Waals surface area contributed by atoms with Crippen molar-refractivity contribution in [1.82, 2.24) is 5.32 Å². The van der Waals surface area contributed by atoms with Crippen molar-refractivity contribution in [2.45, 2.75) is 18.6 Å². The van der Waals surface area contributed by atoms with Gasteiger partial charge in [0.15, 0.2) is 5.60 Å². The van der Waals surface area contributed by atoms with Crippen molar-refractivity contribution in [3.8, 4) is 0 Å². The molecule has 20 heavy (non-hydrogen) atoms. The molecule has 0 aliphatic rings. The van der Waals surface area contributed by atoms with Crippen LogP contribution >= 0.6 is 0 Å². The zero-order valence-corrected chi connectivity index (χ0v) is 11.1. The van der Waals surface area contributed by atoms with Crippen molar-refractivity contribution in [2.75, 3.05) is 6.61 Å². The van der Waals surface area contributed by atoms with E-state index >= 15 is 0 Å². The number of hydrogen-bond donors (Lipinski definition) is 3. The maximum atomic E-state index is 11.6. The summed E-state index contributed by atoms with van der Waals surface area (Å²) in [5, 5.41) is 21.5. The molecule has 1 aromatic carbocycles. The summed E-state index contributed by atoms with van der Waals surface area (Å²) in [6.45, 7) is 4.50. The van der Waals surface area contributed by atoms with E-state index < -0.39 is 23.7 Å². The van der Waals surface area contributed by atoms with Gasteiger partial charge in [-0.25, -0.2) is 9.59 Å². The Morgan fingerprint density at radius 2 is 2.05 bits per heavy atom. The van der Waals surface area contributed by atoms with Crippen LogP contribution in [0.2, 0.25) is 0 Å². The fourth-order valence-electron chi connectivity index (χ4n) is 1.61. The summed E-state index contributed by atoms with van der Waals surface area (Å²) in [5.74, 6) is -1.45. The number of alkyl carbamates (subject to hydrolysis) is 1. The van der Waals surface area contributed by atoms with Crippen molar-refractivity contribution >= 4 is 12.1 Å². The molecular formula is C14H17NO5. The van der Waals surface area contributed by atoms with E-state index in [1.165, 1.54) is 6.08 Å². The highest BCUT2D eigenvalue weighted by molar-refractivity contribution is 5.79. The van der Waals surface area contributed by atoms with Crippen LogP contribution in [0.25, 0.3) is 0 Å². The number of carbonyl (C=O) groups is 2. The Kier molecular flexibility index (Phi) is 5.28. The second-order valence-corrected chi connectivity index (χ2v) is 4.33. The summed E-state index contributed by atoms with van der Waals surface area (Å²) in [4.78, 5) is 22.7. The van der Waals surface area contributed by atoms with E-state index in [9.17, 15) is 14.7 Å². The summed E-state index contributed by atoms with van der Waals surface area (Å²) in [6.07, 6.45) is 0.548. The van der Waals surface area contributed by atoms with Crippen LogP contribution in [0.15, 0.2) is 43.0 Å². The smallest absolute Gasteiger partial charge is 0.408 e. The molecule has 0 radical (unpaired) electrons. The quantitative estimate of drug-likeness (QED) is 0.685. The first-order valence-electron chi connectivity index (χ1n) is 5.94. The molecule has 0 aliphatic carbocycles. The standard InChI is InChI=1S/C14H17NO5/c1-3-9-20-13(18)15-11(14(2,19)12(16)17)10-7-5-4-6-8-10/h3-8,11,19H,1,9H2,2H3,(H,15,18)(H,16,17). The Morgan fingerprint density at radius 1 is 1.45 bits per heavy atom. The zero-order valence-electron chi connectivity index (χ0n) is 11.1. The average molecular weight is 279 g/mol. The van der Waals surface area contributed by atoms with Gasteiger partial charge in [-0.1, -0.05) is 43.0 Å². The number of nitrogens with one attached hydrogen (secondary N) is 1. The Labute approximate surface area is 116 Å². The first kappa shape index (κ1) is 15.7. The van der Waals surface area contributed by atoms with Crippen LogP contribution in [-0.2, 0) is 9.53 Å². The summed E-state index contributed by atoms with van der Waals surface area (Å²) < 4.78 is 4.75. The molecule has 1 amide bonds. The number of benzene rings is 1. The molecule has 0 saturated heterocycles. The van der Waals surface area contributed by atoms with Gasteiger partial charge in [0.1, 0.15) is 6.61 Å². The predicted molar refractivity (Wildman–Crippen MR) is 72.1 cm³/mol. The summed E-state index contributed by atoms with van der Waals surface area (Å²) in [6, 6.07) is 7.17. The SMILES string of the molecule is C=CCOC(=O)NC(c1ccccc1)C(C)(O)C(=O)O. The number of carboxylic acids is 1. The van der Waals surface area contributed by atoms with Crippen molar-refractivity contribution < 1.29 is 24.5 Å². The second kappa shape index (κ2) is 6.72. The Balaban J connectivity index is 3.00. The first-order chi connectivity index (χ1) is 9.39. The lowest BCUT2D eigenvalue weighted by molar-refractivity contribution is -0.159. The van der Waals surface area contributed by atoms with Gasteiger partial charge in [0, 0.05) is 0 Å². The van der Waals surface area contributed by atoms with Crippen LogP contribution in [0.1, 0.15) is 18.5 Å². The number of carboxylic acid groups (broad SMARTS) is 1. The van der Waals surface area contributed by atoms with E-state index in [0.717, 1.165) is 6.92 Å². The Hall–Kier alpha value is -2.34. The molecule has 1 rings (SSSR count). The normalized spacial score (nSPS) is 14.7. The molecule has 0 bridgehead atoms. The van der Waals surface area contributed by atoms with E-state index in [2.05, 4.69) is 11.9 Å². The number of aliphatic hydroxyl groups is 1. The van der Waals surface area contributed by atoms with Crippen LogP contribution in [0.5, 0.6) is 0 Å². The summed E-state index contributed by atoms with van der Waals surface area (Å²) >= 11 is 0. The van der Waals surface area contributed by atoms with Crippen molar-refractivity contribution in [1.29, 1.82) is 0 Å². The molecule has 108 valence electrons. The molecular weight excluding hydrogens is 262 g/mol. The molecule has 2 atom stereocenters. The molecule has 0 saturated carbocycles. The van der Waals surface area contributed by atoms with Crippen LogP contribution in [0.4, 0.5) is 4.79 Å². The van der Waals surface area contributed by atoms with E-state index in [4.69, 9.17) is 9.84 Å². The van der Waals surface area contributed by atoms with Crippen LogP contribution in [0.3, 0.4) is 0 Å². The molecule has 0 heterocycles. The van der Waals surface area contributed by atoms with E-state index in [0.29, 0.717) is 5.56 Å². The third kappa shape index (κ3) is 3.83. The average Bonchev–Trinajstić information content (AvgIpc) is 2.43. The number of amides is 1. The number of aliphatic carboxylic acids is 1. The maximum Gasteiger partial charge on any atom is 0.408 e. The lowest BCUT2D eigenvalue weighted by Gasteiger charge is -2.29.